The van der Waals surface area contributed by atoms with Gasteiger partial charge in [-0.05, 0) is 31.0 Å². The second-order valence-corrected chi connectivity index (χ2v) is 6.07. The Kier molecular flexibility index (Phi) is 5.55. The third-order valence-electron chi connectivity index (χ3n) is 3.77. The first-order valence-electron chi connectivity index (χ1n) is 6.85. The van der Waals surface area contributed by atoms with Crippen LogP contribution in [-0.4, -0.2) is 24.9 Å². The van der Waals surface area contributed by atoms with E-state index in [-0.39, 0.29) is 17.9 Å². The molecule has 0 heterocycles. The van der Waals surface area contributed by atoms with Crippen molar-refractivity contribution in [3.05, 3.63) is 29.3 Å². The van der Waals surface area contributed by atoms with Gasteiger partial charge >= 0.3 is 0 Å². The van der Waals surface area contributed by atoms with Crippen LogP contribution >= 0.6 is 23.2 Å². The Morgan fingerprint density at radius 3 is 2.75 bits per heavy atom. The van der Waals surface area contributed by atoms with Gasteiger partial charge in [-0.15, -0.1) is 11.6 Å². The Labute approximate surface area is 129 Å². The Morgan fingerprint density at radius 2 is 2.10 bits per heavy atom. The standard InChI is InChI=1S/C15H19Cl2NO2/c16-10-15(6-1-2-7-15)11-18-14(19)9-20-13-5-3-4-12(17)8-13/h3-5,8H,1-2,6-7,9-11H2,(H,18,19). The van der Waals surface area contributed by atoms with Gasteiger partial charge in [0.25, 0.3) is 5.91 Å². The summed E-state index contributed by atoms with van der Waals surface area (Å²) in [4.78, 5) is 11.8. The fourth-order valence-electron chi connectivity index (χ4n) is 2.53. The molecule has 1 saturated carbocycles. The van der Waals surface area contributed by atoms with Crippen molar-refractivity contribution in [1.29, 1.82) is 0 Å². The van der Waals surface area contributed by atoms with Crippen molar-refractivity contribution in [3.8, 4) is 5.75 Å². The first-order chi connectivity index (χ1) is 9.63. The van der Waals surface area contributed by atoms with Crippen molar-refractivity contribution < 1.29 is 9.53 Å². The summed E-state index contributed by atoms with van der Waals surface area (Å²) in [7, 11) is 0. The van der Waals surface area contributed by atoms with Crippen LogP contribution in [-0.2, 0) is 4.79 Å². The van der Waals surface area contributed by atoms with E-state index in [2.05, 4.69) is 5.32 Å². The molecule has 20 heavy (non-hydrogen) atoms. The molecule has 0 unspecified atom stereocenters. The lowest BCUT2D eigenvalue weighted by molar-refractivity contribution is -0.123. The average Bonchev–Trinajstić information content (AvgIpc) is 2.92. The highest BCUT2D eigenvalue weighted by atomic mass is 35.5. The molecule has 1 aliphatic rings. The quantitative estimate of drug-likeness (QED) is 0.814. The van der Waals surface area contributed by atoms with Crippen molar-refractivity contribution in [2.45, 2.75) is 25.7 Å². The van der Waals surface area contributed by atoms with E-state index >= 15 is 0 Å². The Balaban J connectivity index is 1.75. The number of carbonyl (C=O) groups is 1. The van der Waals surface area contributed by atoms with Crippen LogP contribution in [0.5, 0.6) is 5.75 Å². The van der Waals surface area contributed by atoms with Gasteiger partial charge in [0.1, 0.15) is 5.75 Å². The first kappa shape index (κ1) is 15.5. The van der Waals surface area contributed by atoms with Crippen molar-refractivity contribution in [1.82, 2.24) is 5.32 Å². The number of carbonyl (C=O) groups excluding carboxylic acids is 1. The second kappa shape index (κ2) is 7.19. The highest BCUT2D eigenvalue weighted by Crippen LogP contribution is 2.38. The summed E-state index contributed by atoms with van der Waals surface area (Å²) in [5, 5.41) is 3.51. The molecule has 2 rings (SSSR count). The first-order valence-corrected chi connectivity index (χ1v) is 7.76. The van der Waals surface area contributed by atoms with Gasteiger partial charge in [0.05, 0.1) is 0 Å². The molecule has 110 valence electrons. The zero-order valence-corrected chi connectivity index (χ0v) is 12.8. The maximum atomic E-state index is 11.8. The van der Waals surface area contributed by atoms with Gasteiger partial charge in [-0.1, -0.05) is 30.5 Å². The van der Waals surface area contributed by atoms with Crippen LogP contribution in [0.2, 0.25) is 5.02 Å². The van der Waals surface area contributed by atoms with E-state index in [1.54, 1.807) is 24.3 Å². The van der Waals surface area contributed by atoms with Crippen molar-refractivity contribution in [3.63, 3.8) is 0 Å². The van der Waals surface area contributed by atoms with Crippen LogP contribution in [0.4, 0.5) is 0 Å². The number of benzene rings is 1. The lowest BCUT2D eigenvalue weighted by Gasteiger charge is -2.26. The number of ether oxygens (including phenoxy) is 1. The molecular weight excluding hydrogens is 297 g/mol. The molecule has 0 aliphatic heterocycles. The van der Waals surface area contributed by atoms with E-state index in [0.29, 0.717) is 23.2 Å². The largest absolute Gasteiger partial charge is 0.484 e. The molecule has 5 heteroatoms. The van der Waals surface area contributed by atoms with E-state index in [1.165, 1.54) is 12.8 Å². The molecule has 1 aromatic rings. The highest BCUT2D eigenvalue weighted by molar-refractivity contribution is 6.30. The molecule has 0 bridgehead atoms. The number of nitrogens with one attached hydrogen (secondary N) is 1. The molecule has 0 spiro atoms. The number of halogens is 2. The summed E-state index contributed by atoms with van der Waals surface area (Å²) < 4.78 is 5.40. The molecule has 0 atom stereocenters. The molecule has 1 aliphatic carbocycles. The van der Waals surface area contributed by atoms with Crippen LogP contribution in [0.15, 0.2) is 24.3 Å². The Morgan fingerprint density at radius 1 is 1.35 bits per heavy atom. The normalized spacial score (nSPS) is 16.9. The second-order valence-electron chi connectivity index (χ2n) is 5.36. The molecule has 0 aromatic heterocycles. The van der Waals surface area contributed by atoms with E-state index in [1.807, 2.05) is 0 Å². The maximum absolute atomic E-state index is 11.8. The maximum Gasteiger partial charge on any atom is 0.257 e. The lowest BCUT2D eigenvalue weighted by atomic mass is 9.88. The van der Waals surface area contributed by atoms with Crippen molar-refractivity contribution in [2.75, 3.05) is 19.0 Å². The molecule has 1 N–H and O–H groups in total. The number of alkyl halides is 1. The number of amides is 1. The number of hydrogen-bond donors (Lipinski definition) is 1. The molecule has 3 nitrogen and oxygen atoms in total. The van der Waals surface area contributed by atoms with Gasteiger partial charge in [-0.3, -0.25) is 4.79 Å². The summed E-state index contributed by atoms with van der Waals surface area (Å²) in [6, 6.07) is 7.01. The lowest BCUT2D eigenvalue weighted by Crippen LogP contribution is -2.39. The number of hydrogen-bond acceptors (Lipinski definition) is 2. The zero-order valence-electron chi connectivity index (χ0n) is 11.3. The zero-order chi connectivity index (χ0) is 14.4. The summed E-state index contributed by atoms with van der Waals surface area (Å²) in [6.45, 7) is 0.632. The smallest absolute Gasteiger partial charge is 0.257 e. The van der Waals surface area contributed by atoms with Crippen molar-refractivity contribution >= 4 is 29.1 Å². The predicted molar refractivity (Wildman–Crippen MR) is 81.6 cm³/mol. The van der Waals surface area contributed by atoms with Crippen LogP contribution in [0.1, 0.15) is 25.7 Å². The molecule has 0 saturated heterocycles. The fraction of sp³-hybridized carbons (Fsp3) is 0.533. The molecular formula is C15H19Cl2NO2. The Bertz CT molecular complexity index is 459. The summed E-state index contributed by atoms with van der Waals surface area (Å²) in [5.41, 5.74) is 0.0767. The predicted octanol–water partition coefficient (Wildman–Crippen LogP) is 3.63. The van der Waals surface area contributed by atoms with Gasteiger partial charge in [-0.25, -0.2) is 0 Å². The average molecular weight is 316 g/mol. The van der Waals surface area contributed by atoms with Gasteiger partial charge in [0.2, 0.25) is 0 Å². The van der Waals surface area contributed by atoms with Gasteiger partial charge in [-0.2, -0.15) is 0 Å². The van der Waals surface area contributed by atoms with Crippen molar-refractivity contribution in [2.24, 2.45) is 5.41 Å². The van der Waals surface area contributed by atoms with E-state index in [0.717, 1.165) is 12.8 Å². The summed E-state index contributed by atoms with van der Waals surface area (Å²) in [5.74, 6) is 1.07. The topological polar surface area (TPSA) is 38.3 Å². The third-order valence-corrected chi connectivity index (χ3v) is 4.58. The summed E-state index contributed by atoms with van der Waals surface area (Å²) in [6.07, 6.45) is 4.57. The Hall–Kier alpha value is -0.930. The van der Waals surface area contributed by atoms with Gasteiger partial charge in [0, 0.05) is 22.9 Å². The van der Waals surface area contributed by atoms with Crippen LogP contribution in [0.3, 0.4) is 0 Å². The van der Waals surface area contributed by atoms with E-state index < -0.39 is 0 Å². The van der Waals surface area contributed by atoms with Gasteiger partial charge in [0.15, 0.2) is 6.61 Å². The van der Waals surface area contributed by atoms with Gasteiger partial charge < -0.3 is 10.1 Å². The van der Waals surface area contributed by atoms with E-state index in [4.69, 9.17) is 27.9 Å². The SMILES string of the molecule is O=C(COc1cccc(Cl)c1)NCC1(CCl)CCCC1. The van der Waals surface area contributed by atoms with Crippen LogP contribution in [0, 0.1) is 5.41 Å². The molecule has 0 radical (unpaired) electrons. The molecule has 1 fully saturated rings. The molecule has 1 amide bonds. The highest BCUT2D eigenvalue weighted by Gasteiger charge is 2.33. The fourth-order valence-corrected chi connectivity index (χ4v) is 3.07. The minimum absolute atomic E-state index is 0.00128. The summed E-state index contributed by atoms with van der Waals surface area (Å²) >= 11 is 11.9. The number of rotatable bonds is 6. The van der Waals surface area contributed by atoms with Crippen LogP contribution < -0.4 is 10.1 Å². The van der Waals surface area contributed by atoms with E-state index in [9.17, 15) is 4.79 Å². The van der Waals surface area contributed by atoms with Crippen LogP contribution in [0.25, 0.3) is 0 Å². The third kappa shape index (κ3) is 4.29. The molecule has 1 aromatic carbocycles. The minimum atomic E-state index is -0.124. The monoisotopic (exact) mass is 315 g/mol. The minimum Gasteiger partial charge on any atom is -0.484 e.